The largest absolute Gasteiger partial charge is 0.390 e. The van der Waals surface area contributed by atoms with Crippen LogP contribution in [0.4, 0.5) is 5.82 Å². The second-order valence-electron chi connectivity index (χ2n) is 6.05. The van der Waals surface area contributed by atoms with Crippen molar-refractivity contribution in [2.75, 3.05) is 18.9 Å². The van der Waals surface area contributed by atoms with Crippen molar-refractivity contribution in [3.63, 3.8) is 0 Å². The number of hydrogen-bond acceptors (Lipinski definition) is 6. The van der Waals surface area contributed by atoms with Crippen LogP contribution >= 0.6 is 0 Å². The molecule has 3 atom stereocenters. The van der Waals surface area contributed by atoms with Gasteiger partial charge in [0, 0.05) is 24.8 Å². The molecule has 2 rings (SSSR count). The zero-order valence-corrected chi connectivity index (χ0v) is 14.2. The Bertz CT molecular complexity index is 602. The summed E-state index contributed by atoms with van der Waals surface area (Å²) in [7, 11) is 0. The Labute approximate surface area is 142 Å². The standard InChI is InChI=1S/C17H27N3O4/c1-3-5-6-8-23-11-14-13(21)9-15(24-14)20-10-12(7-4-2)16(18)19-17(20)22/h4,10,13-15,21H,2-3,5-9,11H2,1H3,(H2,18,19,22)/t13-,14+,15+/m0/s1. The van der Waals surface area contributed by atoms with Gasteiger partial charge in [-0.3, -0.25) is 4.57 Å². The first-order valence-corrected chi connectivity index (χ1v) is 8.46. The van der Waals surface area contributed by atoms with E-state index in [-0.39, 0.29) is 5.82 Å². The first-order chi connectivity index (χ1) is 11.6. The van der Waals surface area contributed by atoms with Gasteiger partial charge in [0.05, 0.1) is 12.7 Å². The minimum Gasteiger partial charge on any atom is -0.390 e. The summed E-state index contributed by atoms with van der Waals surface area (Å²) in [5.41, 5.74) is 5.98. The Hall–Kier alpha value is -1.70. The molecule has 1 fully saturated rings. The number of anilines is 1. The van der Waals surface area contributed by atoms with E-state index >= 15 is 0 Å². The Kier molecular flexibility index (Phi) is 6.96. The Morgan fingerprint density at radius 1 is 1.58 bits per heavy atom. The molecule has 0 radical (unpaired) electrons. The van der Waals surface area contributed by atoms with Crippen LogP contribution in [0.25, 0.3) is 0 Å². The number of aliphatic hydroxyl groups excluding tert-OH is 1. The van der Waals surface area contributed by atoms with Crippen LogP contribution in [0.3, 0.4) is 0 Å². The molecular formula is C17H27N3O4. The first kappa shape index (κ1) is 18.6. The molecule has 0 amide bonds. The van der Waals surface area contributed by atoms with Crippen molar-refractivity contribution in [1.29, 1.82) is 0 Å². The predicted octanol–water partition coefficient (Wildman–Crippen LogP) is 1.41. The van der Waals surface area contributed by atoms with Gasteiger partial charge < -0.3 is 20.3 Å². The number of rotatable bonds is 9. The highest BCUT2D eigenvalue weighted by Crippen LogP contribution is 2.28. The molecule has 0 bridgehead atoms. The molecule has 7 nitrogen and oxygen atoms in total. The fourth-order valence-corrected chi connectivity index (χ4v) is 2.73. The summed E-state index contributed by atoms with van der Waals surface area (Å²) in [6.07, 6.45) is 5.73. The summed E-state index contributed by atoms with van der Waals surface area (Å²) in [6, 6.07) is 0. The van der Waals surface area contributed by atoms with Crippen molar-refractivity contribution >= 4 is 5.82 Å². The number of aliphatic hydroxyl groups is 1. The van der Waals surface area contributed by atoms with Gasteiger partial charge in [-0.2, -0.15) is 4.98 Å². The summed E-state index contributed by atoms with van der Waals surface area (Å²) < 4.78 is 12.8. The third-order valence-corrected chi connectivity index (χ3v) is 4.11. The predicted molar refractivity (Wildman–Crippen MR) is 91.7 cm³/mol. The van der Waals surface area contributed by atoms with Crippen molar-refractivity contribution in [1.82, 2.24) is 9.55 Å². The Morgan fingerprint density at radius 2 is 2.38 bits per heavy atom. The third-order valence-electron chi connectivity index (χ3n) is 4.11. The molecule has 0 aromatic carbocycles. The zero-order chi connectivity index (χ0) is 17.5. The van der Waals surface area contributed by atoms with E-state index in [0.717, 1.165) is 19.3 Å². The van der Waals surface area contributed by atoms with Crippen LogP contribution < -0.4 is 11.4 Å². The van der Waals surface area contributed by atoms with Crippen LogP contribution in [0.2, 0.25) is 0 Å². The van der Waals surface area contributed by atoms with Gasteiger partial charge in [-0.25, -0.2) is 4.79 Å². The van der Waals surface area contributed by atoms with Crippen LogP contribution in [0, 0.1) is 0 Å². The monoisotopic (exact) mass is 337 g/mol. The van der Waals surface area contributed by atoms with E-state index in [1.807, 2.05) is 0 Å². The summed E-state index contributed by atoms with van der Waals surface area (Å²) in [4.78, 5) is 15.9. The summed E-state index contributed by atoms with van der Waals surface area (Å²) >= 11 is 0. The fraction of sp³-hybridized carbons (Fsp3) is 0.647. The first-order valence-electron chi connectivity index (χ1n) is 8.46. The molecule has 134 valence electrons. The second-order valence-corrected chi connectivity index (χ2v) is 6.05. The van der Waals surface area contributed by atoms with Gasteiger partial charge in [-0.1, -0.05) is 25.8 Å². The van der Waals surface area contributed by atoms with Crippen molar-refractivity contribution in [3.05, 3.63) is 34.9 Å². The lowest BCUT2D eigenvalue weighted by Crippen LogP contribution is -2.29. The molecule has 24 heavy (non-hydrogen) atoms. The van der Waals surface area contributed by atoms with Gasteiger partial charge >= 0.3 is 5.69 Å². The number of unbranched alkanes of at least 4 members (excludes halogenated alkanes) is 2. The Morgan fingerprint density at radius 3 is 3.08 bits per heavy atom. The molecule has 0 unspecified atom stereocenters. The molecule has 3 N–H and O–H groups in total. The fourth-order valence-electron chi connectivity index (χ4n) is 2.73. The van der Waals surface area contributed by atoms with E-state index in [1.165, 1.54) is 4.57 Å². The molecular weight excluding hydrogens is 310 g/mol. The topological polar surface area (TPSA) is 99.6 Å². The number of ether oxygens (including phenoxy) is 2. The molecule has 1 saturated heterocycles. The highest BCUT2D eigenvalue weighted by Gasteiger charge is 2.35. The van der Waals surface area contributed by atoms with Crippen molar-refractivity contribution in [3.8, 4) is 0 Å². The number of aromatic nitrogens is 2. The minimum absolute atomic E-state index is 0.200. The molecule has 1 aromatic heterocycles. The Balaban J connectivity index is 1.99. The summed E-state index contributed by atoms with van der Waals surface area (Å²) in [6.45, 7) is 6.77. The van der Waals surface area contributed by atoms with E-state index < -0.39 is 24.1 Å². The molecule has 1 aliphatic rings. The molecule has 0 saturated carbocycles. The number of allylic oxidation sites excluding steroid dienone is 1. The summed E-state index contributed by atoms with van der Waals surface area (Å²) in [5.74, 6) is 0.200. The van der Waals surface area contributed by atoms with E-state index in [2.05, 4.69) is 18.5 Å². The second kappa shape index (κ2) is 8.96. The van der Waals surface area contributed by atoms with Crippen LogP contribution in [0.5, 0.6) is 0 Å². The van der Waals surface area contributed by atoms with Gasteiger partial charge in [-0.15, -0.1) is 6.58 Å². The third kappa shape index (κ3) is 4.66. The van der Waals surface area contributed by atoms with Gasteiger partial charge in [-0.05, 0) is 12.8 Å². The van der Waals surface area contributed by atoms with Crippen LogP contribution in [0.15, 0.2) is 23.6 Å². The van der Waals surface area contributed by atoms with Gasteiger partial charge in [0.25, 0.3) is 0 Å². The maximum absolute atomic E-state index is 12.1. The van der Waals surface area contributed by atoms with Crippen molar-refractivity contribution in [2.45, 2.75) is 57.5 Å². The highest BCUT2D eigenvalue weighted by molar-refractivity contribution is 5.38. The zero-order valence-electron chi connectivity index (χ0n) is 14.2. The highest BCUT2D eigenvalue weighted by atomic mass is 16.6. The maximum Gasteiger partial charge on any atom is 0.351 e. The smallest absolute Gasteiger partial charge is 0.351 e. The number of nitrogens with zero attached hydrogens (tertiary/aromatic N) is 2. The molecule has 7 heteroatoms. The van der Waals surface area contributed by atoms with E-state index in [0.29, 0.717) is 31.6 Å². The van der Waals surface area contributed by atoms with Crippen LogP contribution in [0.1, 0.15) is 44.4 Å². The number of nitrogen functional groups attached to an aromatic ring is 1. The quantitative estimate of drug-likeness (QED) is 0.522. The molecule has 2 heterocycles. The lowest BCUT2D eigenvalue weighted by Gasteiger charge is -2.17. The van der Waals surface area contributed by atoms with Gasteiger partial charge in [0.1, 0.15) is 18.1 Å². The molecule has 0 spiro atoms. The normalized spacial score (nSPS) is 23.5. The van der Waals surface area contributed by atoms with Crippen molar-refractivity contribution in [2.24, 2.45) is 0 Å². The molecule has 1 aromatic rings. The van der Waals surface area contributed by atoms with Crippen molar-refractivity contribution < 1.29 is 14.6 Å². The van der Waals surface area contributed by atoms with E-state index in [4.69, 9.17) is 15.2 Å². The van der Waals surface area contributed by atoms with Crippen LogP contribution in [-0.2, 0) is 15.9 Å². The number of nitrogens with two attached hydrogens (primary N) is 1. The average Bonchev–Trinajstić information content (AvgIpc) is 2.91. The minimum atomic E-state index is -0.673. The van der Waals surface area contributed by atoms with Gasteiger partial charge in [0.15, 0.2) is 0 Å². The van der Waals surface area contributed by atoms with E-state index in [1.54, 1.807) is 12.3 Å². The SMILES string of the molecule is C=CCc1cn([C@H]2C[C@H](O)[C@@H](COCCCCC)O2)c(=O)nc1N. The maximum atomic E-state index is 12.1. The molecule has 0 aliphatic carbocycles. The summed E-state index contributed by atoms with van der Waals surface area (Å²) in [5, 5.41) is 10.2. The van der Waals surface area contributed by atoms with E-state index in [9.17, 15) is 9.90 Å². The van der Waals surface area contributed by atoms with Crippen LogP contribution in [-0.4, -0.2) is 40.1 Å². The average molecular weight is 337 g/mol. The lowest BCUT2D eigenvalue weighted by molar-refractivity contribution is -0.0638. The molecule has 1 aliphatic heterocycles. The lowest BCUT2D eigenvalue weighted by atomic mass is 10.2. The number of hydrogen-bond donors (Lipinski definition) is 2. The van der Waals surface area contributed by atoms with Gasteiger partial charge in [0.2, 0.25) is 0 Å².